The smallest absolute Gasteiger partial charge is 0.0204 e. The largest absolute Gasteiger partial charge is 0.351 e. The average Bonchev–Trinajstić information content (AvgIpc) is 2.45. The van der Waals surface area contributed by atoms with E-state index in [1.165, 1.54) is 11.3 Å². The molecule has 1 rings (SSSR count). The highest BCUT2D eigenvalue weighted by Crippen LogP contribution is 2.12. The summed E-state index contributed by atoms with van der Waals surface area (Å²) in [6, 6.07) is 2.24. The van der Waals surface area contributed by atoms with Crippen molar-refractivity contribution in [2.45, 2.75) is 40.2 Å². The van der Waals surface area contributed by atoms with E-state index in [4.69, 9.17) is 0 Å². The second-order valence-electron chi connectivity index (χ2n) is 2.78. The minimum Gasteiger partial charge on any atom is -0.351 e. The summed E-state index contributed by atoms with van der Waals surface area (Å²) in [6.07, 6.45) is 4.51. The molecule has 1 heteroatoms. The van der Waals surface area contributed by atoms with Crippen LogP contribution in [0.1, 0.15) is 32.0 Å². The lowest BCUT2D eigenvalue weighted by atomic mass is 10.1. The van der Waals surface area contributed by atoms with Gasteiger partial charge >= 0.3 is 0 Å². The Hall–Kier alpha value is -0.720. The van der Waals surface area contributed by atoms with Crippen LogP contribution in [0.15, 0.2) is 12.3 Å². The fourth-order valence-electron chi connectivity index (χ4n) is 1.60. The van der Waals surface area contributed by atoms with E-state index in [9.17, 15) is 0 Å². The molecule has 0 amide bonds. The zero-order valence-corrected chi connectivity index (χ0v) is 7.72. The maximum Gasteiger partial charge on any atom is 0.0204 e. The molecule has 0 aliphatic carbocycles. The van der Waals surface area contributed by atoms with Gasteiger partial charge in [-0.05, 0) is 31.4 Å². The van der Waals surface area contributed by atoms with Crippen molar-refractivity contribution in [3.8, 4) is 0 Å². The molecular formula is C10H17N. The molecule has 62 valence electrons. The molecule has 0 saturated heterocycles. The minimum atomic E-state index is 1.10. The van der Waals surface area contributed by atoms with Crippen LogP contribution in [0.3, 0.4) is 0 Å². The molecule has 1 nitrogen and oxygen atoms in total. The average molecular weight is 151 g/mol. The zero-order chi connectivity index (χ0) is 8.27. The Bertz CT molecular complexity index is 201. The van der Waals surface area contributed by atoms with E-state index in [0.717, 1.165) is 19.4 Å². The lowest BCUT2D eigenvalue weighted by molar-refractivity contribution is 0.715. The van der Waals surface area contributed by atoms with Crippen molar-refractivity contribution < 1.29 is 0 Å². The molecule has 0 radical (unpaired) electrons. The normalized spacial score (nSPS) is 10.5. The van der Waals surface area contributed by atoms with E-state index in [1.54, 1.807) is 0 Å². The summed E-state index contributed by atoms with van der Waals surface area (Å²) < 4.78 is 2.33. The van der Waals surface area contributed by atoms with Crippen LogP contribution in [0, 0.1) is 0 Å². The predicted molar refractivity (Wildman–Crippen MR) is 48.9 cm³/mol. The van der Waals surface area contributed by atoms with Crippen LogP contribution in [-0.2, 0) is 19.4 Å². The highest BCUT2D eigenvalue weighted by molar-refractivity contribution is 5.22. The van der Waals surface area contributed by atoms with Crippen molar-refractivity contribution in [3.63, 3.8) is 0 Å². The number of nitrogens with zero attached hydrogens (tertiary/aromatic N) is 1. The highest BCUT2D eigenvalue weighted by Gasteiger charge is 2.02. The van der Waals surface area contributed by atoms with Gasteiger partial charge in [0.05, 0.1) is 0 Å². The SMILES string of the molecule is CCc1ccn(CC)c1CC. The number of aryl methyl sites for hydroxylation is 2. The summed E-state index contributed by atoms with van der Waals surface area (Å²) in [4.78, 5) is 0. The molecule has 0 aliphatic heterocycles. The fourth-order valence-corrected chi connectivity index (χ4v) is 1.60. The van der Waals surface area contributed by atoms with E-state index >= 15 is 0 Å². The first kappa shape index (κ1) is 8.38. The fraction of sp³-hybridized carbons (Fsp3) is 0.600. The molecule has 11 heavy (non-hydrogen) atoms. The lowest BCUT2D eigenvalue weighted by Crippen LogP contribution is -1.99. The quantitative estimate of drug-likeness (QED) is 0.626. The van der Waals surface area contributed by atoms with Gasteiger partial charge in [-0.2, -0.15) is 0 Å². The summed E-state index contributed by atoms with van der Waals surface area (Å²) >= 11 is 0. The maximum atomic E-state index is 2.33. The first-order valence-corrected chi connectivity index (χ1v) is 4.50. The van der Waals surface area contributed by atoms with Crippen molar-refractivity contribution >= 4 is 0 Å². The number of hydrogen-bond donors (Lipinski definition) is 0. The van der Waals surface area contributed by atoms with Crippen molar-refractivity contribution in [2.24, 2.45) is 0 Å². The van der Waals surface area contributed by atoms with Gasteiger partial charge in [-0.25, -0.2) is 0 Å². The minimum absolute atomic E-state index is 1.10. The van der Waals surface area contributed by atoms with Gasteiger partial charge in [-0.1, -0.05) is 13.8 Å². The van der Waals surface area contributed by atoms with Gasteiger partial charge in [0, 0.05) is 18.4 Å². The topological polar surface area (TPSA) is 4.93 Å². The van der Waals surface area contributed by atoms with Gasteiger partial charge in [-0.15, -0.1) is 0 Å². The molecule has 0 fully saturated rings. The van der Waals surface area contributed by atoms with Crippen molar-refractivity contribution in [2.75, 3.05) is 0 Å². The molecule has 0 aliphatic rings. The van der Waals surface area contributed by atoms with Gasteiger partial charge in [0.1, 0.15) is 0 Å². The molecule has 0 atom stereocenters. The number of hydrogen-bond acceptors (Lipinski definition) is 0. The van der Waals surface area contributed by atoms with Crippen LogP contribution in [0.5, 0.6) is 0 Å². The van der Waals surface area contributed by atoms with Crippen LogP contribution in [0.2, 0.25) is 0 Å². The first-order chi connectivity index (χ1) is 5.33. The van der Waals surface area contributed by atoms with E-state index in [2.05, 4.69) is 37.6 Å². The molecule has 0 unspecified atom stereocenters. The van der Waals surface area contributed by atoms with Gasteiger partial charge < -0.3 is 4.57 Å². The van der Waals surface area contributed by atoms with Gasteiger partial charge in [0.2, 0.25) is 0 Å². The Morgan fingerprint density at radius 2 is 1.91 bits per heavy atom. The number of aromatic nitrogens is 1. The van der Waals surface area contributed by atoms with E-state index in [1.807, 2.05) is 0 Å². The second-order valence-corrected chi connectivity index (χ2v) is 2.78. The molecular weight excluding hydrogens is 134 g/mol. The summed E-state index contributed by atoms with van der Waals surface area (Å²) in [5.41, 5.74) is 3.02. The van der Waals surface area contributed by atoms with Gasteiger partial charge in [-0.3, -0.25) is 0 Å². The molecule has 0 spiro atoms. The summed E-state index contributed by atoms with van der Waals surface area (Å²) in [5.74, 6) is 0. The van der Waals surface area contributed by atoms with Crippen LogP contribution in [0.25, 0.3) is 0 Å². The van der Waals surface area contributed by atoms with Crippen LogP contribution in [-0.4, -0.2) is 4.57 Å². The highest BCUT2D eigenvalue weighted by atomic mass is 15.0. The van der Waals surface area contributed by atoms with Gasteiger partial charge in [0.15, 0.2) is 0 Å². The van der Waals surface area contributed by atoms with Crippen LogP contribution >= 0.6 is 0 Å². The summed E-state index contributed by atoms with van der Waals surface area (Å²) in [7, 11) is 0. The van der Waals surface area contributed by atoms with Crippen LogP contribution in [0.4, 0.5) is 0 Å². The third-order valence-corrected chi connectivity index (χ3v) is 2.23. The third-order valence-electron chi connectivity index (χ3n) is 2.23. The molecule has 1 heterocycles. The van der Waals surface area contributed by atoms with E-state index < -0.39 is 0 Å². The van der Waals surface area contributed by atoms with Crippen LogP contribution < -0.4 is 0 Å². The molecule has 0 aromatic carbocycles. The monoisotopic (exact) mass is 151 g/mol. The Balaban J connectivity index is 2.99. The molecule has 0 N–H and O–H groups in total. The Morgan fingerprint density at radius 1 is 1.18 bits per heavy atom. The second kappa shape index (κ2) is 3.61. The van der Waals surface area contributed by atoms with Gasteiger partial charge in [0.25, 0.3) is 0 Å². The number of rotatable bonds is 3. The Labute approximate surface area is 69.0 Å². The molecule has 0 bridgehead atoms. The molecule has 1 aromatic heterocycles. The molecule has 0 saturated carbocycles. The molecule has 1 aromatic rings. The first-order valence-electron chi connectivity index (χ1n) is 4.50. The standard InChI is InChI=1S/C10H17N/c1-4-9-7-8-11(6-3)10(9)5-2/h7-8H,4-6H2,1-3H3. The van der Waals surface area contributed by atoms with E-state index in [0.29, 0.717) is 0 Å². The predicted octanol–water partition coefficient (Wildman–Crippen LogP) is 2.63. The Morgan fingerprint density at radius 3 is 2.36 bits per heavy atom. The lowest BCUT2D eigenvalue weighted by Gasteiger charge is -2.05. The van der Waals surface area contributed by atoms with Crippen molar-refractivity contribution in [1.82, 2.24) is 4.57 Å². The van der Waals surface area contributed by atoms with E-state index in [-0.39, 0.29) is 0 Å². The zero-order valence-electron chi connectivity index (χ0n) is 7.72. The summed E-state index contributed by atoms with van der Waals surface area (Å²) in [5, 5.41) is 0. The van der Waals surface area contributed by atoms with Crippen molar-refractivity contribution in [1.29, 1.82) is 0 Å². The third kappa shape index (κ3) is 1.47. The van der Waals surface area contributed by atoms with Crippen molar-refractivity contribution in [3.05, 3.63) is 23.5 Å². The maximum absolute atomic E-state index is 2.33. The Kier molecular flexibility index (Phi) is 2.75. The summed E-state index contributed by atoms with van der Waals surface area (Å²) in [6.45, 7) is 7.73.